The van der Waals surface area contributed by atoms with Gasteiger partial charge in [0.25, 0.3) is 0 Å². The molecule has 1 unspecified atom stereocenters. The molecule has 1 aromatic carbocycles. The molecule has 0 aliphatic rings. The Kier molecular flexibility index (Phi) is 5.06. The molecule has 1 heterocycles. The zero-order chi connectivity index (χ0) is 14.5. The number of aromatic nitrogens is 1. The first-order chi connectivity index (χ1) is 9.56. The molecule has 1 atom stereocenters. The highest BCUT2D eigenvalue weighted by Gasteiger charge is 2.14. The van der Waals surface area contributed by atoms with Crippen molar-refractivity contribution in [2.45, 2.75) is 12.6 Å². The molecule has 2 rings (SSSR count). The fourth-order valence-corrected chi connectivity index (χ4v) is 2.13. The summed E-state index contributed by atoms with van der Waals surface area (Å²) in [6.45, 7) is 0.944. The summed E-state index contributed by atoms with van der Waals surface area (Å²) >= 11 is 5.72. The number of likely N-dealkylation sites (N-methyl/N-ethyl adjacent to an activating group) is 1. The van der Waals surface area contributed by atoms with Crippen LogP contribution >= 0.6 is 11.6 Å². The minimum absolute atomic E-state index is 0.314. The van der Waals surface area contributed by atoms with E-state index in [4.69, 9.17) is 11.6 Å². The average Bonchev–Trinajstić information content (AvgIpc) is 2.41. The summed E-state index contributed by atoms with van der Waals surface area (Å²) in [6.07, 6.45) is 0.829. The number of halogens is 2. The van der Waals surface area contributed by atoms with Crippen LogP contribution in [0.15, 0.2) is 42.6 Å². The fourth-order valence-electron chi connectivity index (χ4n) is 2.02. The molecular weight excluding hydrogens is 279 g/mol. The molecule has 0 amide bonds. The van der Waals surface area contributed by atoms with Crippen LogP contribution in [-0.4, -0.2) is 28.6 Å². The molecule has 0 fully saturated rings. The molecule has 0 aliphatic carbocycles. The van der Waals surface area contributed by atoms with Crippen LogP contribution in [0.4, 0.5) is 4.39 Å². The SMILES string of the molecule is CN(Cc1ccc(Cl)nc1)CC(O)c1ccccc1F. The first-order valence-corrected chi connectivity index (χ1v) is 6.65. The number of hydrogen-bond donors (Lipinski definition) is 1. The van der Waals surface area contributed by atoms with Crippen LogP contribution in [0.2, 0.25) is 5.15 Å². The standard InChI is InChI=1S/C15H16ClFN2O/c1-19(9-11-6-7-15(16)18-8-11)10-14(20)12-4-2-3-5-13(12)17/h2-8,14,20H,9-10H2,1H3. The van der Waals surface area contributed by atoms with Gasteiger partial charge in [-0.05, 0) is 24.7 Å². The second-order valence-electron chi connectivity index (χ2n) is 4.72. The lowest BCUT2D eigenvalue weighted by Crippen LogP contribution is -2.24. The number of aliphatic hydroxyl groups excluding tert-OH is 1. The lowest BCUT2D eigenvalue weighted by atomic mass is 10.1. The van der Waals surface area contributed by atoms with Gasteiger partial charge in [-0.15, -0.1) is 0 Å². The molecule has 2 aromatic rings. The molecule has 0 bridgehead atoms. The molecule has 0 saturated carbocycles. The van der Waals surface area contributed by atoms with Gasteiger partial charge in [0.15, 0.2) is 0 Å². The van der Waals surface area contributed by atoms with Crippen molar-refractivity contribution in [3.63, 3.8) is 0 Å². The van der Waals surface area contributed by atoms with Crippen molar-refractivity contribution in [2.75, 3.05) is 13.6 Å². The number of pyridine rings is 1. The Morgan fingerprint density at radius 1 is 1.30 bits per heavy atom. The van der Waals surface area contributed by atoms with E-state index in [-0.39, 0.29) is 5.82 Å². The van der Waals surface area contributed by atoms with E-state index in [9.17, 15) is 9.50 Å². The molecule has 0 radical (unpaired) electrons. The molecular formula is C15H16ClFN2O. The first kappa shape index (κ1) is 14.9. The van der Waals surface area contributed by atoms with Crippen molar-refractivity contribution in [1.82, 2.24) is 9.88 Å². The number of nitrogens with zero attached hydrogens (tertiary/aromatic N) is 2. The molecule has 0 spiro atoms. The predicted octanol–water partition coefficient (Wildman–Crippen LogP) is 3.04. The first-order valence-electron chi connectivity index (χ1n) is 6.27. The number of aliphatic hydroxyl groups is 1. The van der Waals surface area contributed by atoms with Crippen molar-refractivity contribution >= 4 is 11.6 Å². The van der Waals surface area contributed by atoms with Crippen LogP contribution < -0.4 is 0 Å². The van der Waals surface area contributed by atoms with Crippen LogP contribution in [-0.2, 0) is 6.54 Å². The molecule has 0 aliphatic heterocycles. The van der Waals surface area contributed by atoms with Gasteiger partial charge in [-0.25, -0.2) is 9.37 Å². The zero-order valence-corrected chi connectivity index (χ0v) is 11.9. The van der Waals surface area contributed by atoms with E-state index >= 15 is 0 Å². The highest BCUT2D eigenvalue weighted by molar-refractivity contribution is 6.29. The second-order valence-corrected chi connectivity index (χ2v) is 5.11. The van der Waals surface area contributed by atoms with Gasteiger partial charge in [0.2, 0.25) is 0 Å². The summed E-state index contributed by atoms with van der Waals surface area (Å²) in [4.78, 5) is 5.90. The van der Waals surface area contributed by atoms with E-state index in [1.165, 1.54) is 6.07 Å². The highest BCUT2D eigenvalue weighted by Crippen LogP contribution is 2.18. The third-order valence-electron chi connectivity index (χ3n) is 2.99. The smallest absolute Gasteiger partial charge is 0.129 e. The Labute approximate surface area is 122 Å². The molecule has 106 valence electrons. The zero-order valence-electron chi connectivity index (χ0n) is 11.1. The van der Waals surface area contributed by atoms with Gasteiger partial charge in [0.05, 0.1) is 6.10 Å². The van der Waals surface area contributed by atoms with Crippen molar-refractivity contribution in [1.29, 1.82) is 0 Å². The van der Waals surface area contributed by atoms with Crippen molar-refractivity contribution in [2.24, 2.45) is 0 Å². The minimum atomic E-state index is -0.860. The average molecular weight is 295 g/mol. The summed E-state index contributed by atoms with van der Waals surface area (Å²) < 4.78 is 13.6. The van der Waals surface area contributed by atoms with Gasteiger partial charge in [-0.2, -0.15) is 0 Å². The van der Waals surface area contributed by atoms with E-state index in [0.29, 0.717) is 23.8 Å². The van der Waals surface area contributed by atoms with Crippen LogP contribution in [0.5, 0.6) is 0 Å². The quantitative estimate of drug-likeness (QED) is 0.861. The minimum Gasteiger partial charge on any atom is -0.387 e. The largest absolute Gasteiger partial charge is 0.387 e. The monoisotopic (exact) mass is 294 g/mol. The summed E-state index contributed by atoms with van der Waals surface area (Å²) in [7, 11) is 1.86. The molecule has 5 heteroatoms. The van der Waals surface area contributed by atoms with E-state index in [0.717, 1.165) is 5.56 Å². The molecule has 20 heavy (non-hydrogen) atoms. The topological polar surface area (TPSA) is 36.4 Å². The Bertz CT molecular complexity index is 562. The Balaban J connectivity index is 1.96. The number of benzene rings is 1. The van der Waals surface area contributed by atoms with Gasteiger partial charge >= 0.3 is 0 Å². The summed E-state index contributed by atoms with van der Waals surface area (Å²) in [5.74, 6) is -0.387. The third-order valence-corrected chi connectivity index (χ3v) is 3.21. The lowest BCUT2D eigenvalue weighted by molar-refractivity contribution is 0.120. The second kappa shape index (κ2) is 6.79. The van der Waals surface area contributed by atoms with Gasteiger partial charge in [-0.1, -0.05) is 35.9 Å². The van der Waals surface area contributed by atoms with E-state index in [1.807, 2.05) is 18.0 Å². The fraction of sp³-hybridized carbons (Fsp3) is 0.267. The van der Waals surface area contributed by atoms with Crippen LogP contribution in [0.1, 0.15) is 17.2 Å². The maximum absolute atomic E-state index is 13.6. The van der Waals surface area contributed by atoms with Gasteiger partial charge in [0, 0.05) is 24.8 Å². The molecule has 1 aromatic heterocycles. The summed E-state index contributed by atoms with van der Waals surface area (Å²) in [6, 6.07) is 9.86. The predicted molar refractivity (Wildman–Crippen MR) is 76.9 cm³/mol. The van der Waals surface area contributed by atoms with Crippen molar-refractivity contribution in [3.05, 3.63) is 64.7 Å². The summed E-state index contributed by atoms with van der Waals surface area (Å²) in [5.41, 5.74) is 1.30. The Morgan fingerprint density at radius 3 is 2.70 bits per heavy atom. The normalized spacial score (nSPS) is 12.7. The maximum Gasteiger partial charge on any atom is 0.129 e. The summed E-state index contributed by atoms with van der Waals surface area (Å²) in [5, 5.41) is 10.5. The Hall–Kier alpha value is -1.49. The van der Waals surface area contributed by atoms with Crippen LogP contribution in [0.3, 0.4) is 0 Å². The molecule has 3 nitrogen and oxygen atoms in total. The molecule has 1 N–H and O–H groups in total. The number of hydrogen-bond acceptors (Lipinski definition) is 3. The van der Waals surface area contributed by atoms with Gasteiger partial charge in [-0.3, -0.25) is 4.90 Å². The van der Waals surface area contributed by atoms with Crippen molar-refractivity contribution < 1.29 is 9.50 Å². The Morgan fingerprint density at radius 2 is 2.05 bits per heavy atom. The van der Waals surface area contributed by atoms with E-state index in [1.54, 1.807) is 30.5 Å². The number of rotatable bonds is 5. The van der Waals surface area contributed by atoms with E-state index < -0.39 is 6.10 Å². The van der Waals surface area contributed by atoms with Crippen LogP contribution in [0.25, 0.3) is 0 Å². The third kappa shape index (κ3) is 4.00. The maximum atomic E-state index is 13.6. The van der Waals surface area contributed by atoms with E-state index in [2.05, 4.69) is 4.98 Å². The molecule has 0 saturated heterocycles. The van der Waals surface area contributed by atoms with Crippen LogP contribution in [0, 0.1) is 5.82 Å². The van der Waals surface area contributed by atoms with Crippen molar-refractivity contribution in [3.8, 4) is 0 Å². The van der Waals surface area contributed by atoms with Gasteiger partial charge in [0.1, 0.15) is 11.0 Å². The highest BCUT2D eigenvalue weighted by atomic mass is 35.5. The lowest BCUT2D eigenvalue weighted by Gasteiger charge is -2.21. The van der Waals surface area contributed by atoms with Gasteiger partial charge < -0.3 is 5.11 Å².